The van der Waals surface area contributed by atoms with Crippen molar-refractivity contribution in [1.82, 2.24) is 19.4 Å². The number of aromatic hydroxyl groups is 1. The molecule has 0 unspecified atom stereocenters. The molecule has 5 rings (SSSR count). The molecule has 1 aromatic carbocycles. The summed E-state index contributed by atoms with van der Waals surface area (Å²) in [4.78, 5) is 14.0. The molecule has 6 heteroatoms. The number of pyridine rings is 2. The first-order valence-corrected chi connectivity index (χ1v) is 11.0. The number of aryl methyl sites for hydroxylation is 2. The molecule has 1 fully saturated rings. The molecule has 1 aliphatic heterocycles. The van der Waals surface area contributed by atoms with Crippen LogP contribution in [0.5, 0.6) is 5.88 Å². The first kappa shape index (κ1) is 19.8. The van der Waals surface area contributed by atoms with Crippen molar-refractivity contribution < 1.29 is 5.11 Å². The molecule has 1 aliphatic rings. The zero-order valence-corrected chi connectivity index (χ0v) is 18.2. The molecule has 4 heterocycles. The number of para-hydroxylation sites is 1. The molecule has 0 amide bonds. The third kappa shape index (κ3) is 3.83. The lowest BCUT2D eigenvalue weighted by Gasteiger charge is -2.36. The molecule has 1 N–H and O–H groups in total. The van der Waals surface area contributed by atoms with Gasteiger partial charge in [0.05, 0.1) is 22.1 Å². The Morgan fingerprint density at radius 3 is 2.65 bits per heavy atom. The Labute approximate surface area is 182 Å². The SMILES string of the molecule is CN(C)C1CCN(c2ccnc3cn(CCc4ccc5ccccc5n4)c(O)c23)CC1. The Morgan fingerprint density at radius 1 is 1.03 bits per heavy atom. The molecule has 0 atom stereocenters. The van der Waals surface area contributed by atoms with Crippen LogP contribution in [0.3, 0.4) is 0 Å². The molecule has 4 aromatic rings. The third-order valence-electron chi connectivity index (χ3n) is 6.53. The van der Waals surface area contributed by atoms with Crippen LogP contribution in [-0.2, 0) is 13.0 Å². The maximum absolute atomic E-state index is 11.1. The molecule has 31 heavy (non-hydrogen) atoms. The van der Waals surface area contributed by atoms with E-state index in [-0.39, 0.29) is 0 Å². The van der Waals surface area contributed by atoms with Gasteiger partial charge in [0.1, 0.15) is 0 Å². The van der Waals surface area contributed by atoms with Crippen molar-refractivity contribution >= 4 is 27.5 Å². The van der Waals surface area contributed by atoms with Crippen LogP contribution in [0.4, 0.5) is 5.69 Å². The molecule has 0 aliphatic carbocycles. The molecule has 0 radical (unpaired) electrons. The quantitative estimate of drug-likeness (QED) is 0.533. The fraction of sp³-hybridized carbons (Fsp3) is 0.360. The van der Waals surface area contributed by atoms with Gasteiger partial charge in [0.25, 0.3) is 0 Å². The Bertz CT molecular complexity index is 1210. The highest BCUT2D eigenvalue weighted by Crippen LogP contribution is 2.36. The van der Waals surface area contributed by atoms with Gasteiger partial charge in [-0.05, 0) is 45.1 Å². The van der Waals surface area contributed by atoms with Gasteiger partial charge in [-0.1, -0.05) is 24.3 Å². The summed E-state index contributed by atoms with van der Waals surface area (Å²) in [6.07, 6.45) is 6.83. The van der Waals surface area contributed by atoms with Crippen LogP contribution in [0.1, 0.15) is 18.5 Å². The number of fused-ring (bicyclic) bond motifs is 2. The molecular weight excluding hydrogens is 386 g/mol. The second-order valence-corrected chi connectivity index (χ2v) is 8.66. The van der Waals surface area contributed by atoms with Gasteiger partial charge in [-0.3, -0.25) is 9.97 Å². The van der Waals surface area contributed by atoms with E-state index < -0.39 is 0 Å². The zero-order chi connectivity index (χ0) is 21.4. The molecule has 0 spiro atoms. The lowest BCUT2D eigenvalue weighted by Crippen LogP contribution is -2.42. The average molecular weight is 416 g/mol. The predicted molar refractivity (Wildman–Crippen MR) is 126 cm³/mol. The van der Waals surface area contributed by atoms with Crippen molar-refractivity contribution in [1.29, 1.82) is 0 Å². The normalized spacial score (nSPS) is 15.4. The number of hydrogen-bond acceptors (Lipinski definition) is 5. The number of rotatable bonds is 5. The van der Waals surface area contributed by atoms with E-state index in [1.54, 1.807) is 0 Å². The fourth-order valence-corrected chi connectivity index (χ4v) is 4.69. The summed E-state index contributed by atoms with van der Waals surface area (Å²) in [7, 11) is 4.31. The van der Waals surface area contributed by atoms with Gasteiger partial charge in [0.2, 0.25) is 5.88 Å². The number of piperidine rings is 1. The first-order valence-electron chi connectivity index (χ1n) is 11.0. The highest BCUT2D eigenvalue weighted by molar-refractivity contribution is 5.96. The smallest absolute Gasteiger partial charge is 0.202 e. The number of nitrogens with zero attached hydrogens (tertiary/aromatic N) is 5. The predicted octanol–water partition coefficient (Wildman–Crippen LogP) is 4.06. The minimum Gasteiger partial charge on any atom is -0.494 e. The van der Waals surface area contributed by atoms with Gasteiger partial charge in [0, 0.05) is 55.6 Å². The van der Waals surface area contributed by atoms with Crippen LogP contribution < -0.4 is 4.90 Å². The molecule has 160 valence electrons. The molecular formula is C25H29N5O. The maximum Gasteiger partial charge on any atom is 0.202 e. The summed E-state index contributed by atoms with van der Waals surface area (Å²) < 4.78 is 1.91. The Morgan fingerprint density at radius 2 is 1.84 bits per heavy atom. The van der Waals surface area contributed by atoms with Crippen LogP contribution in [0.25, 0.3) is 21.8 Å². The van der Waals surface area contributed by atoms with E-state index in [2.05, 4.69) is 47.1 Å². The molecule has 6 nitrogen and oxygen atoms in total. The lowest BCUT2D eigenvalue weighted by molar-refractivity contribution is 0.250. The van der Waals surface area contributed by atoms with Gasteiger partial charge in [-0.2, -0.15) is 0 Å². The minimum atomic E-state index is 0.300. The second-order valence-electron chi connectivity index (χ2n) is 8.66. The molecule has 0 bridgehead atoms. The van der Waals surface area contributed by atoms with Crippen LogP contribution in [0, 0.1) is 0 Å². The Balaban J connectivity index is 1.38. The minimum absolute atomic E-state index is 0.300. The zero-order valence-electron chi connectivity index (χ0n) is 18.2. The summed E-state index contributed by atoms with van der Waals surface area (Å²) in [5.41, 5.74) is 3.96. The van der Waals surface area contributed by atoms with E-state index in [0.29, 0.717) is 18.5 Å². The van der Waals surface area contributed by atoms with Gasteiger partial charge in [-0.25, -0.2) is 0 Å². The standard InChI is InChI=1S/C25H29N5O/c1-28(2)20-11-15-29(16-12-20)23-9-13-26-22-17-30(25(31)24(22)23)14-10-19-8-7-18-5-3-4-6-21(18)27-19/h3-9,13,17,20,31H,10-12,14-16H2,1-2H3. The van der Waals surface area contributed by atoms with E-state index in [9.17, 15) is 5.11 Å². The number of anilines is 1. The topological polar surface area (TPSA) is 57.4 Å². The van der Waals surface area contributed by atoms with Crippen molar-refractivity contribution in [3.05, 3.63) is 60.6 Å². The van der Waals surface area contributed by atoms with Crippen LogP contribution in [-0.4, -0.2) is 57.8 Å². The monoisotopic (exact) mass is 415 g/mol. The van der Waals surface area contributed by atoms with E-state index >= 15 is 0 Å². The highest BCUT2D eigenvalue weighted by atomic mass is 16.3. The van der Waals surface area contributed by atoms with Gasteiger partial charge >= 0.3 is 0 Å². The summed E-state index contributed by atoms with van der Waals surface area (Å²) >= 11 is 0. The van der Waals surface area contributed by atoms with Crippen LogP contribution >= 0.6 is 0 Å². The summed E-state index contributed by atoms with van der Waals surface area (Å²) in [5.74, 6) is 0.300. The Kier molecular flexibility index (Phi) is 5.24. The van der Waals surface area contributed by atoms with E-state index in [0.717, 1.165) is 65.5 Å². The van der Waals surface area contributed by atoms with E-state index in [4.69, 9.17) is 4.98 Å². The van der Waals surface area contributed by atoms with Crippen molar-refractivity contribution in [3.63, 3.8) is 0 Å². The average Bonchev–Trinajstić information content (AvgIpc) is 3.13. The van der Waals surface area contributed by atoms with Gasteiger partial charge in [-0.15, -0.1) is 0 Å². The molecule has 0 saturated carbocycles. The number of aromatic nitrogens is 3. The van der Waals surface area contributed by atoms with E-state index in [1.165, 1.54) is 0 Å². The summed E-state index contributed by atoms with van der Waals surface area (Å²) in [6.45, 7) is 2.65. The maximum atomic E-state index is 11.1. The van der Waals surface area contributed by atoms with Crippen molar-refractivity contribution in [2.75, 3.05) is 32.1 Å². The van der Waals surface area contributed by atoms with Crippen LogP contribution in [0.2, 0.25) is 0 Å². The highest BCUT2D eigenvalue weighted by Gasteiger charge is 2.24. The summed E-state index contributed by atoms with van der Waals surface area (Å²) in [5, 5.41) is 13.1. The van der Waals surface area contributed by atoms with Gasteiger partial charge in [0.15, 0.2) is 0 Å². The molecule has 1 saturated heterocycles. The van der Waals surface area contributed by atoms with Gasteiger partial charge < -0.3 is 19.5 Å². The van der Waals surface area contributed by atoms with Crippen molar-refractivity contribution in [2.45, 2.75) is 31.8 Å². The third-order valence-corrected chi connectivity index (χ3v) is 6.53. The second kappa shape index (κ2) is 8.19. The lowest BCUT2D eigenvalue weighted by atomic mass is 10.0. The summed E-state index contributed by atoms with van der Waals surface area (Å²) in [6, 6.07) is 15.0. The van der Waals surface area contributed by atoms with E-state index in [1.807, 2.05) is 41.2 Å². The van der Waals surface area contributed by atoms with Crippen molar-refractivity contribution in [2.24, 2.45) is 0 Å². The first-order chi connectivity index (χ1) is 15.1. The number of hydrogen-bond donors (Lipinski definition) is 1. The Hall–Kier alpha value is -3.12. The van der Waals surface area contributed by atoms with Crippen LogP contribution in [0.15, 0.2) is 54.9 Å². The molecule has 3 aromatic heterocycles. The fourth-order valence-electron chi connectivity index (χ4n) is 4.69. The largest absolute Gasteiger partial charge is 0.494 e. The van der Waals surface area contributed by atoms with Crippen molar-refractivity contribution in [3.8, 4) is 5.88 Å². The number of benzene rings is 1.